The van der Waals surface area contributed by atoms with E-state index in [1.54, 1.807) is 85.0 Å². The molecule has 0 saturated carbocycles. The highest BCUT2D eigenvalue weighted by Crippen LogP contribution is 2.40. The number of aryl methyl sites for hydroxylation is 7. The van der Waals surface area contributed by atoms with Crippen molar-refractivity contribution < 1.29 is 33.7 Å². The zero-order valence-corrected chi connectivity index (χ0v) is 81.3. The maximum Gasteiger partial charge on any atom is 0.243 e. The molecule has 11 aromatic carbocycles. The molecule has 0 bridgehead atoms. The summed E-state index contributed by atoms with van der Waals surface area (Å²) in [5, 5.41) is 1.77. The molecule has 0 fully saturated rings. The van der Waals surface area contributed by atoms with E-state index in [-0.39, 0.29) is 31.6 Å². The van der Waals surface area contributed by atoms with Crippen LogP contribution >= 0.6 is 0 Å². The summed E-state index contributed by atoms with van der Waals surface area (Å²) < 4.78 is 115. The first-order valence-corrected chi connectivity index (χ1v) is 53.0. The lowest BCUT2D eigenvalue weighted by molar-refractivity contribution is 0.370. The Morgan fingerprint density at radius 1 is 0.309 bits per heavy atom. The third kappa shape index (κ3) is 24.8. The smallest absolute Gasteiger partial charge is 0.243 e. The van der Waals surface area contributed by atoms with E-state index in [1.165, 1.54) is 28.5 Å². The maximum absolute atomic E-state index is 14.1. The summed E-state index contributed by atoms with van der Waals surface area (Å²) in [5.74, 6) is 0.873. The lowest BCUT2D eigenvalue weighted by atomic mass is 10.0. The number of anilines is 4. The average Bonchev–Trinajstić information content (AvgIpc) is 1.66. The van der Waals surface area contributed by atoms with Gasteiger partial charge in [-0.25, -0.2) is 53.6 Å². The van der Waals surface area contributed by atoms with Gasteiger partial charge < -0.3 is 39.5 Å². The minimum absolute atomic E-state index is 0. The highest BCUT2D eigenvalue weighted by molar-refractivity contribution is 7.89. The number of hydrogen-bond donors (Lipinski definition) is 4. The number of para-hydroxylation sites is 4. The molecule has 4 N–H and O–H groups in total. The number of aromatic amines is 4. The number of hydrogen-bond acceptors (Lipinski definition) is 17. The van der Waals surface area contributed by atoms with Crippen LogP contribution in [0.5, 0.6) is 0 Å². The minimum Gasteiger partial charge on any atom is -0.361 e. The first-order valence-electron chi connectivity index (χ1n) is 46.9. The Labute approximate surface area is 818 Å². The number of H-pyrrole nitrogens is 4. The highest BCUT2D eigenvalue weighted by atomic mass is 32.2. The molecule has 139 heavy (non-hydrogen) atoms. The number of nitrogens with one attached hydrogen (secondary N) is 4. The van der Waals surface area contributed by atoms with E-state index in [4.69, 9.17) is 0 Å². The molecule has 25 nitrogen and oxygen atoms in total. The van der Waals surface area contributed by atoms with E-state index in [2.05, 4.69) is 149 Å². The van der Waals surface area contributed by atoms with Gasteiger partial charge in [0, 0.05) is 136 Å². The van der Waals surface area contributed by atoms with E-state index >= 15 is 0 Å². The van der Waals surface area contributed by atoms with Crippen molar-refractivity contribution in [2.75, 3.05) is 52.0 Å². The molecule has 0 aliphatic carbocycles. The van der Waals surface area contributed by atoms with Crippen molar-refractivity contribution in [2.45, 2.75) is 171 Å². The molecular formula is C110H121N17O8S4. The second-order valence-corrected chi connectivity index (χ2v) is 43.7. The lowest BCUT2D eigenvalue weighted by Gasteiger charge is -2.34. The molecule has 4 atom stereocenters. The Kier molecular flexibility index (Phi) is 32.2. The molecule has 5 aromatic heterocycles. The monoisotopic (exact) mass is 1940 g/mol. The van der Waals surface area contributed by atoms with Crippen LogP contribution in [0.2, 0.25) is 0 Å². The minimum atomic E-state index is -3.75. The van der Waals surface area contributed by atoms with Gasteiger partial charge in [0.1, 0.15) is 5.82 Å². The van der Waals surface area contributed by atoms with E-state index in [9.17, 15) is 33.7 Å². The van der Waals surface area contributed by atoms with Gasteiger partial charge in [0.05, 0.1) is 95.1 Å². The number of rotatable bonds is 27. The standard InChI is InChI=1S/C30H29N5O2S.C29H32N4O2S.C28H30N4O2S.C22H26N4O2S.CH4/c36-38(37,29-13-11-25-17-31-15-14-24(25)16-29)34-19-26-8-4-5-9-30(26)35(20-27-18-32-22-33-27)28(21-34)12-10-23-6-2-1-3-7-23;1-22-12-16-28(17-13-22)36(34,35)32-19-25-10-6-7-11-29(25)33(20-26-18-30-23(2)31-26)27(21-32)15-14-24-8-4-3-5-9-24;1-22-11-15-27(16-12-22)35(33,34)31-18-24-9-5-6-10-28(24)32(19-25-17-29-21-30-25)26(20-31)14-13-23-7-3-2-4-8-23;1-29(27,28)25-14-19-9-5-6-10-22(19)26(15-20-13-23-17-24-20)21(16-25)12-11-18-7-3-2-4-8-18;/h1-9,11,13-18,22,28H,10,12,19-21H2,(H,32,33);3-13,16-18,27H,14-15,19-21H2,1-2H3,(H,30,31);2-12,15-17,21,26H,13-14,18-20H2,1H3,(H,29,30);2-10,13,17,21H,11-12,14-16H2,1H3,(H,23,24);1H4. The van der Waals surface area contributed by atoms with Crippen molar-refractivity contribution in [2.24, 2.45) is 0 Å². The van der Waals surface area contributed by atoms with Gasteiger partial charge >= 0.3 is 0 Å². The van der Waals surface area contributed by atoms with Crippen molar-refractivity contribution in [1.29, 1.82) is 0 Å². The Morgan fingerprint density at radius 3 is 0.928 bits per heavy atom. The molecule has 0 amide bonds. The molecule has 4 aliphatic heterocycles. The van der Waals surface area contributed by atoms with Crippen LogP contribution < -0.4 is 19.6 Å². The van der Waals surface area contributed by atoms with Crippen molar-refractivity contribution >= 4 is 73.6 Å². The van der Waals surface area contributed by atoms with E-state index in [0.29, 0.717) is 93.2 Å². The molecule has 29 heteroatoms. The van der Waals surface area contributed by atoms with Crippen molar-refractivity contribution in [3.05, 3.63) is 432 Å². The van der Waals surface area contributed by atoms with Crippen LogP contribution in [-0.4, -0.2) is 152 Å². The Balaban J connectivity index is 0.000000134. The zero-order chi connectivity index (χ0) is 95.6. The molecule has 0 saturated heterocycles. The van der Waals surface area contributed by atoms with Crippen LogP contribution in [0.25, 0.3) is 10.8 Å². The Hall–Kier alpha value is -13.5. The SMILES string of the molecule is C.CS(=O)(=O)N1Cc2ccccc2N(Cc2cnc[nH]2)C(CCc2ccccc2)C1.Cc1ccc(S(=O)(=O)N2Cc3ccccc3N(Cc3cnc(C)[nH]3)C(CCc3ccccc3)C2)cc1.Cc1ccc(S(=O)(=O)N2Cc3ccccc3N(Cc3cnc[nH]3)C(CCc3ccccc3)C2)cc1.O=S(=O)(c1ccc2cnccc2c1)N1Cc2ccccc2N(Cc2cnc[nH]2)C(CCc2ccccc2)C1. The number of aromatic nitrogens is 9. The van der Waals surface area contributed by atoms with Gasteiger partial charge in [-0.05, 0) is 189 Å². The van der Waals surface area contributed by atoms with Crippen LogP contribution in [0.4, 0.5) is 22.7 Å². The molecular weight excluding hydrogens is 1820 g/mol. The van der Waals surface area contributed by atoms with E-state index < -0.39 is 40.1 Å². The summed E-state index contributed by atoms with van der Waals surface area (Å²) in [6, 6.07) is 95.4. The Bertz CT molecular complexity index is 7140. The van der Waals surface area contributed by atoms with Crippen molar-refractivity contribution in [3.63, 3.8) is 0 Å². The second-order valence-electron chi connectivity index (χ2n) is 35.9. The first kappa shape index (κ1) is 98.6. The van der Waals surface area contributed by atoms with Gasteiger partial charge in [-0.15, -0.1) is 0 Å². The van der Waals surface area contributed by atoms with Crippen LogP contribution in [0.3, 0.4) is 0 Å². The molecule has 0 spiro atoms. The molecule has 9 heterocycles. The summed E-state index contributed by atoms with van der Waals surface area (Å²) in [6.07, 6.45) is 24.0. The topological polar surface area (TPSA) is 290 Å². The van der Waals surface area contributed by atoms with Gasteiger partial charge in [0.25, 0.3) is 0 Å². The van der Waals surface area contributed by atoms with Crippen molar-refractivity contribution in [1.82, 2.24) is 62.1 Å². The fraction of sp³-hybridized carbons (Fsp3) is 0.264. The number of fused-ring (bicyclic) bond motifs is 5. The van der Waals surface area contributed by atoms with Gasteiger partial charge in [-0.1, -0.05) is 243 Å². The predicted molar refractivity (Wildman–Crippen MR) is 553 cm³/mol. The van der Waals surface area contributed by atoms with E-state index in [1.807, 2.05) is 215 Å². The third-order valence-electron chi connectivity index (χ3n) is 26.3. The first-order chi connectivity index (χ1) is 67.0. The summed E-state index contributed by atoms with van der Waals surface area (Å²) in [6.45, 7) is 11.5. The summed E-state index contributed by atoms with van der Waals surface area (Å²) >= 11 is 0. The molecule has 0 radical (unpaired) electrons. The number of nitrogens with zero attached hydrogens (tertiary/aromatic N) is 13. The lowest BCUT2D eigenvalue weighted by Crippen LogP contribution is -2.43. The van der Waals surface area contributed by atoms with Crippen LogP contribution in [0.15, 0.2) is 362 Å². The molecule has 4 aliphatic rings. The molecule has 20 rings (SSSR count). The van der Waals surface area contributed by atoms with Gasteiger partial charge in [0.15, 0.2) is 0 Å². The summed E-state index contributed by atoms with van der Waals surface area (Å²) in [7, 11) is -14.4. The Morgan fingerprint density at radius 2 is 0.612 bits per heavy atom. The highest BCUT2D eigenvalue weighted by Gasteiger charge is 2.40. The quantitative estimate of drug-likeness (QED) is 0.0372. The number of imidazole rings is 4. The van der Waals surface area contributed by atoms with E-state index in [0.717, 1.165) is 147 Å². The largest absolute Gasteiger partial charge is 0.361 e. The second kappa shape index (κ2) is 45.4. The fourth-order valence-electron chi connectivity index (χ4n) is 18.9. The molecule has 16 aromatic rings. The average molecular weight is 1940 g/mol. The van der Waals surface area contributed by atoms with Gasteiger partial charge in [-0.2, -0.15) is 17.2 Å². The predicted octanol–water partition coefficient (Wildman–Crippen LogP) is 19.2. The maximum atomic E-state index is 14.1. The summed E-state index contributed by atoms with van der Waals surface area (Å²) in [5.41, 5.74) is 19.4. The molecule has 4 unspecified atom stereocenters. The van der Waals surface area contributed by atoms with Crippen LogP contribution in [0, 0.1) is 20.8 Å². The normalized spacial score (nSPS) is 16.6. The number of benzene rings is 11. The number of pyridine rings is 1. The van der Waals surface area contributed by atoms with Crippen molar-refractivity contribution in [3.8, 4) is 0 Å². The third-order valence-corrected chi connectivity index (χ3v) is 32.9. The summed E-state index contributed by atoms with van der Waals surface area (Å²) in [4.78, 5) is 44.4. The van der Waals surface area contributed by atoms with Gasteiger partial charge in [-0.3, -0.25) is 4.98 Å². The molecule has 718 valence electrons. The fourth-order valence-corrected chi connectivity index (χ4v) is 24.1. The number of sulfonamides is 4. The van der Waals surface area contributed by atoms with Crippen LogP contribution in [0.1, 0.15) is 117 Å². The zero-order valence-electron chi connectivity index (χ0n) is 78.1. The van der Waals surface area contributed by atoms with Crippen LogP contribution in [-0.2, 0) is 118 Å². The van der Waals surface area contributed by atoms with Gasteiger partial charge in [0.2, 0.25) is 40.1 Å².